The first kappa shape index (κ1) is 13.1. The highest BCUT2D eigenvalue weighted by molar-refractivity contribution is 5.78. The summed E-state index contributed by atoms with van der Waals surface area (Å²) in [7, 11) is 1.52. The molecule has 1 aromatic carbocycles. The zero-order valence-electron chi connectivity index (χ0n) is 10.6. The number of likely N-dealkylation sites (N-methyl/N-ethyl adjacent to an activating group) is 1. The zero-order chi connectivity index (χ0) is 13.8. The summed E-state index contributed by atoms with van der Waals surface area (Å²) in [4.78, 5) is 21.7. The van der Waals surface area contributed by atoms with Crippen molar-refractivity contribution in [2.75, 3.05) is 25.5 Å². The molecule has 0 saturated carbocycles. The molecule has 1 aromatic rings. The Morgan fingerprint density at radius 2 is 2.37 bits per heavy atom. The second-order valence-corrected chi connectivity index (χ2v) is 4.19. The second kappa shape index (κ2) is 5.55. The lowest BCUT2D eigenvalue weighted by atomic mass is 10.0. The van der Waals surface area contributed by atoms with E-state index < -0.39 is 4.92 Å². The van der Waals surface area contributed by atoms with E-state index >= 15 is 0 Å². The Morgan fingerprint density at radius 3 is 3.05 bits per heavy atom. The first-order valence-corrected chi connectivity index (χ1v) is 6.01. The SMILES string of the molecule is CNC(=O)COc1ccc([N+](=O)[O-])c2c1NCCC2. The number of rotatable bonds is 4. The lowest BCUT2D eigenvalue weighted by Crippen LogP contribution is -2.25. The Labute approximate surface area is 110 Å². The quantitative estimate of drug-likeness (QED) is 0.627. The average molecular weight is 265 g/mol. The van der Waals surface area contributed by atoms with E-state index in [4.69, 9.17) is 4.74 Å². The highest BCUT2D eigenvalue weighted by Crippen LogP contribution is 2.38. The third-order valence-electron chi connectivity index (χ3n) is 2.99. The van der Waals surface area contributed by atoms with Crippen molar-refractivity contribution in [1.29, 1.82) is 0 Å². The van der Waals surface area contributed by atoms with Crippen LogP contribution in [-0.2, 0) is 11.2 Å². The van der Waals surface area contributed by atoms with Gasteiger partial charge in [0.1, 0.15) is 5.75 Å². The Balaban J connectivity index is 2.30. The predicted octanol–water partition coefficient (Wildman–Crippen LogP) is 1.08. The zero-order valence-corrected chi connectivity index (χ0v) is 10.6. The molecule has 0 atom stereocenters. The van der Waals surface area contributed by atoms with E-state index in [9.17, 15) is 14.9 Å². The van der Waals surface area contributed by atoms with Gasteiger partial charge in [-0.1, -0.05) is 0 Å². The highest BCUT2D eigenvalue weighted by atomic mass is 16.6. The number of hydrogen-bond acceptors (Lipinski definition) is 5. The van der Waals surface area contributed by atoms with Crippen molar-refractivity contribution in [1.82, 2.24) is 5.32 Å². The van der Waals surface area contributed by atoms with E-state index in [2.05, 4.69) is 10.6 Å². The first-order chi connectivity index (χ1) is 9.13. The van der Waals surface area contributed by atoms with E-state index in [0.29, 0.717) is 23.4 Å². The number of benzene rings is 1. The predicted molar refractivity (Wildman–Crippen MR) is 69.5 cm³/mol. The van der Waals surface area contributed by atoms with Crippen LogP contribution in [0.25, 0.3) is 0 Å². The van der Waals surface area contributed by atoms with Crippen LogP contribution >= 0.6 is 0 Å². The molecular weight excluding hydrogens is 250 g/mol. The van der Waals surface area contributed by atoms with Gasteiger partial charge in [0.05, 0.1) is 16.2 Å². The number of nitro groups is 1. The number of nitrogens with one attached hydrogen (secondary N) is 2. The van der Waals surface area contributed by atoms with Crippen molar-refractivity contribution in [2.45, 2.75) is 12.8 Å². The van der Waals surface area contributed by atoms with Crippen LogP contribution in [0.1, 0.15) is 12.0 Å². The third kappa shape index (κ3) is 2.75. The molecule has 0 fully saturated rings. The van der Waals surface area contributed by atoms with Gasteiger partial charge in [0, 0.05) is 19.7 Å². The fourth-order valence-electron chi connectivity index (χ4n) is 2.05. The molecule has 0 saturated heterocycles. The molecule has 0 spiro atoms. The van der Waals surface area contributed by atoms with Crippen LogP contribution < -0.4 is 15.4 Å². The van der Waals surface area contributed by atoms with E-state index in [-0.39, 0.29) is 18.2 Å². The molecule has 7 nitrogen and oxygen atoms in total. The monoisotopic (exact) mass is 265 g/mol. The summed E-state index contributed by atoms with van der Waals surface area (Å²) < 4.78 is 5.39. The molecule has 0 aromatic heterocycles. The van der Waals surface area contributed by atoms with Crippen LogP contribution in [0.5, 0.6) is 5.75 Å². The number of hydrogen-bond donors (Lipinski definition) is 2. The summed E-state index contributed by atoms with van der Waals surface area (Å²) in [5.74, 6) is 0.229. The van der Waals surface area contributed by atoms with Crippen molar-refractivity contribution in [3.8, 4) is 5.75 Å². The number of nitrogens with zero attached hydrogens (tertiary/aromatic N) is 1. The van der Waals surface area contributed by atoms with Crippen LogP contribution in [0.15, 0.2) is 12.1 Å². The number of fused-ring (bicyclic) bond motifs is 1. The second-order valence-electron chi connectivity index (χ2n) is 4.19. The maximum atomic E-state index is 11.2. The van der Waals surface area contributed by atoms with Gasteiger partial charge in [0.25, 0.3) is 11.6 Å². The molecule has 0 unspecified atom stereocenters. The van der Waals surface area contributed by atoms with Crippen LogP contribution in [0, 0.1) is 10.1 Å². The van der Waals surface area contributed by atoms with Crippen molar-refractivity contribution >= 4 is 17.3 Å². The van der Waals surface area contributed by atoms with Crippen molar-refractivity contribution in [3.63, 3.8) is 0 Å². The van der Waals surface area contributed by atoms with Crippen LogP contribution in [0.3, 0.4) is 0 Å². The minimum absolute atomic E-state index is 0.0921. The van der Waals surface area contributed by atoms with Crippen molar-refractivity contribution in [3.05, 3.63) is 27.8 Å². The molecule has 102 valence electrons. The molecule has 19 heavy (non-hydrogen) atoms. The molecule has 2 N–H and O–H groups in total. The lowest BCUT2D eigenvalue weighted by molar-refractivity contribution is -0.385. The average Bonchev–Trinajstić information content (AvgIpc) is 2.43. The number of anilines is 1. The molecule has 1 heterocycles. The van der Waals surface area contributed by atoms with Gasteiger partial charge in [0.15, 0.2) is 6.61 Å². The molecule has 0 bridgehead atoms. The molecule has 2 rings (SSSR count). The van der Waals surface area contributed by atoms with Gasteiger partial charge < -0.3 is 15.4 Å². The summed E-state index contributed by atoms with van der Waals surface area (Å²) in [6.07, 6.45) is 1.47. The van der Waals surface area contributed by atoms with Gasteiger partial charge >= 0.3 is 0 Å². The third-order valence-corrected chi connectivity index (χ3v) is 2.99. The van der Waals surface area contributed by atoms with Crippen LogP contribution in [0.2, 0.25) is 0 Å². The Bertz CT molecular complexity index is 516. The van der Waals surface area contributed by atoms with Crippen LogP contribution in [0.4, 0.5) is 11.4 Å². The maximum absolute atomic E-state index is 11.2. The Morgan fingerprint density at radius 1 is 1.58 bits per heavy atom. The molecule has 0 radical (unpaired) electrons. The summed E-state index contributed by atoms with van der Waals surface area (Å²) in [6.45, 7) is 0.632. The normalized spacial score (nSPS) is 13.1. The minimum atomic E-state index is -0.394. The van der Waals surface area contributed by atoms with Gasteiger partial charge in [-0.25, -0.2) is 0 Å². The standard InChI is InChI=1S/C12H15N3O4/c1-13-11(16)7-19-10-5-4-9(15(17)18)8-3-2-6-14-12(8)10/h4-5,14H,2-3,6-7H2,1H3,(H,13,16). The molecule has 0 aliphatic carbocycles. The van der Waals surface area contributed by atoms with Gasteiger partial charge in [-0.15, -0.1) is 0 Å². The fourth-order valence-corrected chi connectivity index (χ4v) is 2.05. The number of carbonyl (C=O) groups is 1. The first-order valence-electron chi connectivity index (χ1n) is 6.01. The van der Waals surface area contributed by atoms with Gasteiger partial charge in [-0.3, -0.25) is 14.9 Å². The van der Waals surface area contributed by atoms with E-state index in [1.54, 1.807) is 0 Å². The lowest BCUT2D eigenvalue weighted by Gasteiger charge is -2.20. The van der Waals surface area contributed by atoms with Crippen molar-refractivity contribution in [2.24, 2.45) is 0 Å². The van der Waals surface area contributed by atoms with Gasteiger partial charge in [-0.2, -0.15) is 0 Å². The largest absolute Gasteiger partial charge is 0.482 e. The summed E-state index contributed by atoms with van der Waals surface area (Å²) >= 11 is 0. The number of amides is 1. The highest BCUT2D eigenvalue weighted by Gasteiger charge is 2.24. The van der Waals surface area contributed by atoms with E-state index in [1.807, 2.05) is 0 Å². The molecule has 1 aliphatic heterocycles. The Kier molecular flexibility index (Phi) is 3.84. The Hall–Kier alpha value is -2.31. The topological polar surface area (TPSA) is 93.5 Å². The summed E-state index contributed by atoms with van der Waals surface area (Å²) in [5, 5.41) is 16.5. The van der Waals surface area contributed by atoms with Gasteiger partial charge in [0.2, 0.25) is 0 Å². The van der Waals surface area contributed by atoms with Crippen LogP contribution in [-0.4, -0.2) is 31.0 Å². The summed E-state index contributed by atoms with van der Waals surface area (Å²) in [5.41, 5.74) is 1.37. The molecule has 1 aliphatic rings. The molecule has 1 amide bonds. The maximum Gasteiger partial charge on any atom is 0.274 e. The number of ether oxygens (including phenoxy) is 1. The van der Waals surface area contributed by atoms with E-state index in [1.165, 1.54) is 19.2 Å². The smallest absolute Gasteiger partial charge is 0.274 e. The fraction of sp³-hybridized carbons (Fsp3) is 0.417. The minimum Gasteiger partial charge on any atom is -0.482 e. The number of carbonyl (C=O) groups excluding carboxylic acids is 1. The number of nitro benzene ring substituents is 1. The van der Waals surface area contributed by atoms with Crippen molar-refractivity contribution < 1.29 is 14.5 Å². The van der Waals surface area contributed by atoms with E-state index in [0.717, 1.165) is 13.0 Å². The molecule has 7 heteroatoms. The van der Waals surface area contributed by atoms with Gasteiger partial charge in [-0.05, 0) is 18.9 Å². The summed E-state index contributed by atoms with van der Waals surface area (Å²) in [6, 6.07) is 2.95. The molecular formula is C12H15N3O4.